The Kier molecular flexibility index (Phi) is 4.52. The van der Waals surface area contributed by atoms with Crippen molar-refractivity contribution in [2.75, 3.05) is 19.8 Å². The van der Waals surface area contributed by atoms with Gasteiger partial charge in [-0.1, -0.05) is 11.6 Å². The van der Waals surface area contributed by atoms with Crippen molar-refractivity contribution in [1.82, 2.24) is 15.5 Å². The monoisotopic (exact) mass is 261 g/mol. The van der Waals surface area contributed by atoms with E-state index < -0.39 is 0 Å². The minimum Gasteiger partial charge on any atom is -0.382 e. The maximum Gasteiger partial charge on any atom is 0.272 e. The molecule has 0 aliphatic carbocycles. The zero-order valence-electron chi connectivity index (χ0n) is 11.3. The molecular weight excluding hydrogens is 242 g/mol. The maximum atomic E-state index is 12.0. The van der Waals surface area contributed by atoms with Gasteiger partial charge < -0.3 is 10.1 Å². The molecule has 1 heterocycles. The third-order valence-electron chi connectivity index (χ3n) is 2.89. The molecule has 0 saturated heterocycles. The Morgan fingerprint density at radius 2 is 2.32 bits per heavy atom. The third-order valence-corrected chi connectivity index (χ3v) is 2.89. The standard InChI is InChI=1S/C14H19N3O2/c1-3-19-8-4-7-15-14(18)13-11-9-10(2)5-6-12(11)16-17-13/h5-6,9H,3-4,7-8H2,1-2H3,(H,15,18)(H,16,17). The summed E-state index contributed by atoms with van der Waals surface area (Å²) in [6.07, 6.45) is 0.807. The number of carbonyl (C=O) groups excluding carboxylic acids is 1. The smallest absolute Gasteiger partial charge is 0.272 e. The fourth-order valence-electron chi connectivity index (χ4n) is 1.91. The SMILES string of the molecule is CCOCCCNC(=O)c1n[nH]c2ccc(C)cc12. The number of H-pyrrole nitrogens is 1. The van der Waals surface area contributed by atoms with Gasteiger partial charge in [-0.05, 0) is 32.4 Å². The molecule has 1 amide bonds. The van der Waals surface area contributed by atoms with Crippen molar-refractivity contribution in [3.05, 3.63) is 29.5 Å². The largest absolute Gasteiger partial charge is 0.382 e. The van der Waals surface area contributed by atoms with Gasteiger partial charge in [0.05, 0.1) is 5.52 Å². The van der Waals surface area contributed by atoms with Crippen molar-refractivity contribution in [3.8, 4) is 0 Å². The van der Waals surface area contributed by atoms with E-state index in [1.54, 1.807) is 0 Å². The van der Waals surface area contributed by atoms with E-state index >= 15 is 0 Å². The molecular formula is C14H19N3O2. The number of amides is 1. The predicted octanol–water partition coefficient (Wildman–Crippen LogP) is 2.03. The van der Waals surface area contributed by atoms with Gasteiger partial charge in [-0.3, -0.25) is 9.89 Å². The lowest BCUT2D eigenvalue weighted by molar-refractivity contribution is 0.0941. The summed E-state index contributed by atoms with van der Waals surface area (Å²) in [5.41, 5.74) is 2.44. The first-order valence-corrected chi connectivity index (χ1v) is 6.53. The summed E-state index contributed by atoms with van der Waals surface area (Å²) in [7, 11) is 0. The number of hydrogen-bond donors (Lipinski definition) is 2. The minimum absolute atomic E-state index is 0.145. The van der Waals surface area contributed by atoms with Gasteiger partial charge in [0.1, 0.15) is 0 Å². The van der Waals surface area contributed by atoms with E-state index in [1.165, 1.54) is 0 Å². The Hall–Kier alpha value is -1.88. The number of benzene rings is 1. The summed E-state index contributed by atoms with van der Waals surface area (Å²) in [5.74, 6) is -0.145. The highest BCUT2D eigenvalue weighted by Crippen LogP contribution is 2.17. The minimum atomic E-state index is -0.145. The number of ether oxygens (including phenoxy) is 1. The van der Waals surface area contributed by atoms with E-state index in [0.717, 1.165) is 22.9 Å². The van der Waals surface area contributed by atoms with Crippen molar-refractivity contribution in [2.24, 2.45) is 0 Å². The number of aromatic amines is 1. The maximum absolute atomic E-state index is 12.0. The van der Waals surface area contributed by atoms with E-state index in [1.807, 2.05) is 32.0 Å². The molecule has 19 heavy (non-hydrogen) atoms. The van der Waals surface area contributed by atoms with Crippen LogP contribution in [0, 0.1) is 6.92 Å². The number of nitrogens with one attached hydrogen (secondary N) is 2. The van der Waals surface area contributed by atoms with E-state index in [-0.39, 0.29) is 5.91 Å². The molecule has 0 bridgehead atoms. The molecule has 5 nitrogen and oxygen atoms in total. The second kappa shape index (κ2) is 6.33. The van der Waals surface area contributed by atoms with Crippen LogP contribution in [0.5, 0.6) is 0 Å². The molecule has 0 spiro atoms. The molecule has 0 aliphatic heterocycles. The van der Waals surface area contributed by atoms with E-state index in [0.29, 0.717) is 25.5 Å². The topological polar surface area (TPSA) is 67.0 Å². The lowest BCUT2D eigenvalue weighted by Crippen LogP contribution is -2.25. The molecule has 0 saturated carbocycles. The fraction of sp³-hybridized carbons (Fsp3) is 0.429. The van der Waals surface area contributed by atoms with Crippen LogP contribution >= 0.6 is 0 Å². The van der Waals surface area contributed by atoms with Crippen LogP contribution in [-0.2, 0) is 4.74 Å². The van der Waals surface area contributed by atoms with E-state index in [2.05, 4.69) is 15.5 Å². The lowest BCUT2D eigenvalue weighted by atomic mass is 10.1. The van der Waals surface area contributed by atoms with Gasteiger partial charge in [-0.2, -0.15) is 5.10 Å². The molecule has 0 aliphatic rings. The van der Waals surface area contributed by atoms with Gasteiger partial charge in [0.25, 0.3) is 5.91 Å². The average Bonchev–Trinajstić information content (AvgIpc) is 2.81. The predicted molar refractivity (Wildman–Crippen MR) is 74.3 cm³/mol. The van der Waals surface area contributed by atoms with Crippen LogP contribution in [0.3, 0.4) is 0 Å². The van der Waals surface area contributed by atoms with Gasteiger partial charge >= 0.3 is 0 Å². The lowest BCUT2D eigenvalue weighted by Gasteiger charge is -2.03. The molecule has 2 rings (SSSR count). The molecule has 1 aromatic carbocycles. The van der Waals surface area contributed by atoms with Crippen molar-refractivity contribution < 1.29 is 9.53 Å². The van der Waals surface area contributed by atoms with Crippen molar-refractivity contribution in [3.63, 3.8) is 0 Å². The number of aromatic nitrogens is 2. The molecule has 0 radical (unpaired) electrons. The number of carbonyl (C=O) groups is 1. The summed E-state index contributed by atoms with van der Waals surface area (Å²) < 4.78 is 5.22. The highest BCUT2D eigenvalue weighted by atomic mass is 16.5. The molecule has 102 valence electrons. The van der Waals surface area contributed by atoms with Gasteiger partial charge in [-0.25, -0.2) is 0 Å². The fourth-order valence-corrected chi connectivity index (χ4v) is 1.91. The number of aryl methyl sites for hydroxylation is 1. The highest BCUT2D eigenvalue weighted by Gasteiger charge is 2.13. The molecule has 5 heteroatoms. The van der Waals surface area contributed by atoms with Crippen LogP contribution in [0.4, 0.5) is 0 Å². The second-order valence-corrected chi connectivity index (χ2v) is 4.43. The van der Waals surface area contributed by atoms with Gasteiger partial charge in [0.15, 0.2) is 5.69 Å². The Morgan fingerprint density at radius 3 is 3.11 bits per heavy atom. The Balaban J connectivity index is 1.99. The molecule has 2 N–H and O–H groups in total. The zero-order chi connectivity index (χ0) is 13.7. The first-order valence-electron chi connectivity index (χ1n) is 6.53. The number of nitrogens with zero attached hydrogens (tertiary/aromatic N) is 1. The summed E-state index contributed by atoms with van der Waals surface area (Å²) in [6, 6.07) is 5.89. The zero-order valence-corrected chi connectivity index (χ0v) is 11.3. The quantitative estimate of drug-likeness (QED) is 0.782. The van der Waals surface area contributed by atoms with E-state index in [4.69, 9.17) is 4.74 Å². The summed E-state index contributed by atoms with van der Waals surface area (Å²) in [6.45, 7) is 5.92. The number of fused-ring (bicyclic) bond motifs is 1. The van der Waals surface area contributed by atoms with Crippen LogP contribution in [0.2, 0.25) is 0 Å². The second-order valence-electron chi connectivity index (χ2n) is 4.43. The van der Waals surface area contributed by atoms with Crippen molar-refractivity contribution in [1.29, 1.82) is 0 Å². The van der Waals surface area contributed by atoms with Gasteiger partial charge in [0, 0.05) is 25.1 Å². The van der Waals surface area contributed by atoms with Crippen molar-refractivity contribution >= 4 is 16.8 Å². The van der Waals surface area contributed by atoms with Crippen LogP contribution < -0.4 is 5.32 Å². The Morgan fingerprint density at radius 1 is 1.47 bits per heavy atom. The summed E-state index contributed by atoms with van der Waals surface area (Å²) in [4.78, 5) is 12.0. The molecule has 0 fully saturated rings. The first kappa shape index (κ1) is 13.5. The molecule has 0 unspecified atom stereocenters. The number of hydrogen-bond acceptors (Lipinski definition) is 3. The van der Waals surface area contributed by atoms with E-state index in [9.17, 15) is 4.79 Å². The highest BCUT2D eigenvalue weighted by molar-refractivity contribution is 6.04. The van der Waals surface area contributed by atoms with Crippen LogP contribution in [-0.4, -0.2) is 35.9 Å². The van der Waals surface area contributed by atoms with Gasteiger partial charge in [-0.15, -0.1) is 0 Å². The Labute approximate surface area is 112 Å². The third kappa shape index (κ3) is 3.32. The summed E-state index contributed by atoms with van der Waals surface area (Å²) in [5, 5.41) is 10.7. The van der Waals surface area contributed by atoms with Crippen LogP contribution in [0.1, 0.15) is 29.4 Å². The molecule has 1 aromatic heterocycles. The van der Waals surface area contributed by atoms with Crippen LogP contribution in [0.25, 0.3) is 10.9 Å². The number of rotatable bonds is 6. The van der Waals surface area contributed by atoms with Crippen molar-refractivity contribution in [2.45, 2.75) is 20.3 Å². The van der Waals surface area contributed by atoms with Crippen LogP contribution in [0.15, 0.2) is 18.2 Å². The normalized spacial score (nSPS) is 10.8. The first-order chi connectivity index (χ1) is 9.22. The molecule has 0 atom stereocenters. The molecule has 2 aromatic rings. The summed E-state index contributed by atoms with van der Waals surface area (Å²) >= 11 is 0. The average molecular weight is 261 g/mol. The Bertz CT molecular complexity index is 563. The van der Waals surface area contributed by atoms with Gasteiger partial charge in [0.2, 0.25) is 0 Å².